The van der Waals surface area contributed by atoms with Crippen LogP contribution in [0.1, 0.15) is 42.7 Å². The van der Waals surface area contributed by atoms with Crippen LogP contribution in [0.5, 0.6) is 0 Å². The van der Waals surface area contributed by atoms with Crippen molar-refractivity contribution in [3.8, 4) is 0 Å². The molecule has 0 aromatic heterocycles. The van der Waals surface area contributed by atoms with E-state index in [2.05, 4.69) is 0 Å². The van der Waals surface area contributed by atoms with Gasteiger partial charge < -0.3 is 14.7 Å². The average molecular weight is 291 g/mol. The molecule has 1 unspecified atom stereocenters. The number of ether oxygens (including phenoxy) is 1. The summed E-state index contributed by atoms with van der Waals surface area (Å²) in [7, 11) is 1.39. The van der Waals surface area contributed by atoms with Crippen LogP contribution in [-0.2, 0) is 9.53 Å². The number of hydrogen-bond acceptors (Lipinski definition) is 3. The van der Waals surface area contributed by atoms with Crippen molar-refractivity contribution in [2.45, 2.75) is 31.6 Å². The third kappa shape index (κ3) is 3.54. The highest BCUT2D eigenvalue weighted by molar-refractivity contribution is 5.77. The number of carboxylic acid groups (broad SMARTS) is 1. The normalized spacial score (nSPS) is 17.3. The Balaban J connectivity index is 2.00. The van der Waals surface area contributed by atoms with Gasteiger partial charge in [0.25, 0.3) is 0 Å². The Morgan fingerprint density at radius 1 is 1.24 bits per heavy atom. The SMILES string of the molecule is COC(=O)C(C)c1ccc(C2CCN(C(=O)O)CC2)cc1. The fourth-order valence-electron chi connectivity index (χ4n) is 2.77. The first kappa shape index (κ1) is 15.4. The Morgan fingerprint density at radius 3 is 2.29 bits per heavy atom. The van der Waals surface area contributed by atoms with Gasteiger partial charge in [0.2, 0.25) is 0 Å². The number of nitrogens with zero attached hydrogens (tertiary/aromatic N) is 1. The maximum atomic E-state index is 11.5. The first-order valence-electron chi connectivity index (χ1n) is 7.18. The molecule has 2 rings (SSSR count). The molecule has 0 radical (unpaired) electrons. The molecular formula is C16H21NO4. The number of likely N-dealkylation sites (tertiary alicyclic amines) is 1. The van der Waals surface area contributed by atoms with Gasteiger partial charge in [0.05, 0.1) is 13.0 Å². The van der Waals surface area contributed by atoms with Gasteiger partial charge >= 0.3 is 12.1 Å². The fraction of sp³-hybridized carbons (Fsp3) is 0.500. The molecule has 114 valence electrons. The van der Waals surface area contributed by atoms with Crippen LogP contribution in [0.3, 0.4) is 0 Å². The molecule has 0 saturated carbocycles. The van der Waals surface area contributed by atoms with Gasteiger partial charge in [-0.3, -0.25) is 4.79 Å². The van der Waals surface area contributed by atoms with Crippen molar-refractivity contribution >= 4 is 12.1 Å². The van der Waals surface area contributed by atoms with Crippen molar-refractivity contribution in [2.75, 3.05) is 20.2 Å². The van der Waals surface area contributed by atoms with Crippen molar-refractivity contribution in [1.29, 1.82) is 0 Å². The van der Waals surface area contributed by atoms with Gasteiger partial charge in [-0.25, -0.2) is 4.79 Å². The van der Waals surface area contributed by atoms with Crippen LogP contribution < -0.4 is 0 Å². The maximum Gasteiger partial charge on any atom is 0.407 e. The van der Waals surface area contributed by atoms with Gasteiger partial charge in [-0.05, 0) is 36.8 Å². The second kappa shape index (κ2) is 6.61. The van der Waals surface area contributed by atoms with E-state index in [0.717, 1.165) is 18.4 Å². The third-order valence-corrected chi connectivity index (χ3v) is 4.23. The number of carbonyl (C=O) groups is 2. The summed E-state index contributed by atoms with van der Waals surface area (Å²) in [5, 5.41) is 8.95. The van der Waals surface area contributed by atoms with E-state index in [0.29, 0.717) is 19.0 Å². The van der Waals surface area contributed by atoms with Crippen molar-refractivity contribution in [3.63, 3.8) is 0 Å². The van der Waals surface area contributed by atoms with Gasteiger partial charge in [-0.1, -0.05) is 24.3 Å². The maximum absolute atomic E-state index is 11.5. The molecule has 1 saturated heterocycles. The number of piperidine rings is 1. The Kier molecular flexibility index (Phi) is 4.83. The number of amides is 1. The summed E-state index contributed by atoms with van der Waals surface area (Å²) < 4.78 is 4.75. The molecule has 1 heterocycles. The lowest BCUT2D eigenvalue weighted by Gasteiger charge is -2.30. The second-order valence-electron chi connectivity index (χ2n) is 5.46. The summed E-state index contributed by atoms with van der Waals surface area (Å²) in [5.41, 5.74) is 2.15. The van der Waals surface area contributed by atoms with Gasteiger partial charge in [-0.15, -0.1) is 0 Å². The van der Waals surface area contributed by atoms with E-state index in [1.807, 2.05) is 31.2 Å². The molecule has 21 heavy (non-hydrogen) atoms. The van der Waals surface area contributed by atoms with Crippen molar-refractivity contribution in [2.24, 2.45) is 0 Å². The second-order valence-corrected chi connectivity index (χ2v) is 5.46. The molecule has 0 spiro atoms. The molecule has 1 aromatic rings. The van der Waals surface area contributed by atoms with Crippen LogP contribution in [0, 0.1) is 0 Å². The molecule has 1 amide bonds. The predicted molar refractivity (Wildman–Crippen MR) is 78.4 cm³/mol. The number of esters is 1. The van der Waals surface area contributed by atoms with Crippen LogP contribution in [-0.4, -0.2) is 42.3 Å². The van der Waals surface area contributed by atoms with Crippen LogP contribution >= 0.6 is 0 Å². The van der Waals surface area contributed by atoms with E-state index in [9.17, 15) is 9.59 Å². The van der Waals surface area contributed by atoms with E-state index in [1.54, 1.807) is 0 Å². The van der Waals surface area contributed by atoms with Crippen LogP contribution in [0.2, 0.25) is 0 Å². The zero-order valence-corrected chi connectivity index (χ0v) is 12.4. The summed E-state index contributed by atoms with van der Waals surface area (Å²) >= 11 is 0. The van der Waals surface area contributed by atoms with Gasteiger partial charge in [0.15, 0.2) is 0 Å². The number of hydrogen-bond donors (Lipinski definition) is 1. The first-order valence-corrected chi connectivity index (χ1v) is 7.18. The topological polar surface area (TPSA) is 66.8 Å². The summed E-state index contributed by atoms with van der Waals surface area (Å²) in [6.45, 7) is 2.99. The lowest BCUT2D eigenvalue weighted by molar-refractivity contribution is -0.141. The number of benzene rings is 1. The van der Waals surface area contributed by atoms with Gasteiger partial charge in [0.1, 0.15) is 0 Å². The van der Waals surface area contributed by atoms with E-state index in [1.165, 1.54) is 17.6 Å². The van der Waals surface area contributed by atoms with Crippen molar-refractivity contribution < 1.29 is 19.4 Å². The molecule has 5 heteroatoms. The molecule has 0 bridgehead atoms. The number of rotatable bonds is 3. The van der Waals surface area contributed by atoms with E-state index in [4.69, 9.17) is 9.84 Å². The lowest BCUT2D eigenvalue weighted by atomic mass is 9.88. The number of carbonyl (C=O) groups excluding carboxylic acids is 1. The third-order valence-electron chi connectivity index (χ3n) is 4.23. The Morgan fingerprint density at radius 2 is 1.81 bits per heavy atom. The minimum Gasteiger partial charge on any atom is -0.469 e. The van der Waals surface area contributed by atoms with Crippen LogP contribution in [0.15, 0.2) is 24.3 Å². The molecule has 1 N–H and O–H groups in total. The van der Waals surface area contributed by atoms with E-state index < -0.39 is 6.09 Å². The van der Waals surface area contributed by atoms with Gasteiger partial charge in [0, 0.05) is 13.1 Å². The number of methoxy groups -OCH3 is 1. The zero-order chi connectivity index (χ0) is 15.4. The highest BCUT2D eigenvalue weighted by Crippen LogP contribution is 2.29. The molecule has 1 atom stereocenters. The highest BCUT2D eigenvalue weighted by atomic mass is 16.5. The minimum atomic E-state index is -0.837. The summed E-state index contributed by atoms with van der Waals surface area (Å²) in [4.78, 5) is 23.9. The molecular weight excluding hydrogens is 270 g/mol. The molecule has 5 nitrogen and oxygen atoms in total. The van der Waals surface area contributed by atoms with Crippen molar-refractivity contribution in [3.05, 3.63) is 35.4 Å². The highest BCUT2D eigenvalue weighted by Gasteiger charge is 2.23. The monoisotopic (exact) mass is 291 g/mol. The van der Waals surface area contributed by atoms with Crippen molar-refractivity contribution in [1.82, 2.24) is 4.90 Å². The molecule has 1 aromatic carbocycles. The average Bonchev–Trinajstić information content (AvgIpc) is 2.53. The fourth-order valence-corrected chi connectivity index (χ4v) is 2.77. The molecule has 1 aliphatic heterocycles. The largest absolute Gasteiger partial charge is 0.469 e. The first-order chi connectivity index (χ1) is 10.0. The zero-order valence-electron chi connectivity index (χ0n) is 12.4. The molecule has 1 fully saturated rings. The predicted octanol–water partition coefficient (Wildman–Crippen LogP) is 2.82. The Bertz CT molecular complexity index is 504. The van der Waals surface area contributed by atoms with E-state index in [-0.39, 0.29) is 11.9 Å². The smallest absolute Gasteiger partial charge is 0.407 e. The van der Waals surface area contributed by atoms with Gasteiger partial charge in [-0.2, -0.15) is 0 Å². The summed E-state index contributed by atoms with van der Waals surface area (Å²) in [6, 6.07) is 7.99. The summed E-state index contributed by atoms with van der Waals surface area (Å²) in [5.74, 6) is -0.112. The van der Waals surface area contributed by atoms with Crippen LogP contribution in [0.25, 0.3) is 0 Å². The minimum absolute atomic E-state index is 0.238. The Labute approximate surface area is 124 Å². The molecule has 0 aliphatic carbocycles. The van der Waals surface area contributed by atoms with E-state index >= 15 is 0 Å². The lowest BCUT2D eigenvalue weighted by Crippen LogP contribution is -2.36. The summed E-state index contributed by atoms with van der Waals surface area (Å²) in [6.07, 6.45) is 0.854. The quantitative estimate of drug-likeness (QED) is 0.870. The van der Waals surface area contributed by atoms with Crippen LogP contribution in [0.4, 0.5) is 4.79 Å². The standard InChI is InChI=1S/C16H21NO4/c1-11(15(18)21-2)12-3-5-13(6-4-12)14-7-9-17(10-8-14)16(19)20/h3-6,11,14H,7-10H2,1-2H3,(H,19,20). The Hall–Kier alpha value is -2.04. The molecule has 1 aliphatic rings.